The summed E-state index contributed by atoms with van der Waals surface area (Å²) >= 11 is 0. The molecule has 0 aromatic carbocycles. The van der Waals surface area contributed by atoms with Crippen molar-refractivity contribution in [2.75, 3.05) is 0 Å². The van der Waals surface area contributed by atoms with Crippen LogP contribution in [0.25, 0.3) is 0 Å². The molecular weight excluding hydrogens is 336 g/mol. The first kappa shape index (κ1) is 18.2. The second kappa shape index (κ2) is 6.26. The van der Waals surface area contributed by atoms with E-state index in [0.29, 0.717) is 35.6 Å². The summed E-state index contributed by atoms with van der Waals surface area (Å²) in [6.45, 7) is 6.91. The van der Waals surface area contributed by atoms with Gasteiger partial charge in [-0.2, -0.15) is 5.01 Å². The van der Waals surface area contributed by atoms with E-state index in [0.717, 1.165) is 17.9 Å². The maximum atomic E-state index is 12.8. The lowest BCUT2D eigenvalue weighted by atomic mass is 9.77. The molecule has 2 aliphatic rings. The Morgan fingerprint density at radius 3 is 2.35 bits per heavy atom. The molecule has 8 heteroatoms. The predicted molar refractivity (Wildman–Crippen MR) is 93.5 cm³/mol. The fraction of sp³-hybridized carbons (Fsp3) is 0.556. The minimum atomic E-state index is -0.915. The van der Waals surface area contributed by atoms with Crippen LogP contribution in [-0.4, -0.2) is 39.2 Å². The molecule has 2 heterocycles. The smallest absolute Gasteiger partial charge is 0.344 e. The molecule has 0 unspecified atom stereocenters. The number of Topliss-reactive ketones (excluding diaryl/α,β-unsaturated/α-hetero) is 1. The van der Waals surface area contributed by atoms with Gasteiger partial charge in [-0.05, 0) is 57.9 Å². The number of rotatable bonds is 3. The molecule has 26 heavy (non-hydrogen) atoms. The monoisotopic (exact) mass is 360 g/mol. The molecule has 0 bridgehead atoms. The number of ketones is 1. The summed E-state index contributed by atoms with van der Waals surface area (Å²) in [4.78, 5) is 52.3. The number of nitrogens with zero attached hydrogens (tertiary/aromatic N) is 1. The zero-order chi connectivity index (χ0) is 19.2. The number of urea groups is 1. The standard InChI is InChI=1S/C18H24N4O4/c1-9-5-7-18(8-6-9)16(25)22(17(26)20-18)21-15(24)14-10(2)13(12(4)23)11(3)19-14/h9,19H,5-8H2,1-4H3,(H,20,26)(H,21,24). The minimum absolute atomic E-state index is 0.152. The van der Waals surface area contributed by atoms with E-state index in [2.05, 4.69) is 22.7 Å². The molecule has 1 aromatic heterocycles. The van der Waals surface area contributed by atoms with Crippen molar-refractivity contribution >= 4 is 23.6 Å². The molecule has 0 radical (unpaired) electrons. The van der Waals surface area contributed by atoms with Gasteiger partial charge < -0.3 is 10.3 Å². The Hall–Kier alpha value is -2.64. The lowest BCUT2D eigenvalue weighted by molar-refractivity contribution is -0.134. The molecule has 4 amide bonds. The molecule has 2 fully saturated rings. The first-order valence-electron chi connectivity index (χ1n) is 8.84. The van der Waals surface area contributed by atoms with Gasteiger partial charge in [0.05, 0.1) is 0 Å². The highest BCUT2D eigenvalue weighted by molar-refractivity contribution is 6.10. The van der Waals surface area contributed by atoms with Crippen LogP contribution in [0.4, 0.5) is 4.79 Å². The maximum absolute atomic E-state index is 12.8. The van der Waals surface area contributed by atoms with Gasteiger partial charge in [0.15, 0.2) is 5.78 Å². The third-order valence-electron chi connectivity index (χ3n) is 5.52. The van der Waals surface area contributed by atoms with Crippen LogP contribution >= 0.6 is 0 Å². The van der Waals surface area contributed by atoms with E-state index in [1.54, 1.807) is 13.8 Å². The Balaban J connectivity index is 1.80. The summed E-state index contributed by atoms with van der Waals surface area (Å²) in [6.07, 6.45) is 2.84. The van der Waals surface area contributed by atoms with Crippen molar-refractivity contribution in [3.05, 3.63) is 22.5 Å². The third-order valence-corrected chi connectivity index (χ3v) is 5.52. The summed E-state index contributed by atoms with van der Waals surface area (Å²) in [6, 6.07) is -0.620. The SMILES string of the molecule is CC(=O)c1c(C)[nH]c(C(=O)NN2C(=O)NC3(CCC(C)CC3)C2=O)c1C. The zero-order valence-corrected chi connectivity index (χ0v) is 15.5. The Kier molecular flexibility index (Phi) is 4.37. The maximum Gasteiger partial charge on any atom is 0.344 e. The number of amides is 4. The fourth-order valence-corrected chi connectivity index (χ4v) is 3.98. The van der Waals surface area contributed by atoms with Crippen molar-refractivity contribution in [1.82, 2.24) is 20.7 Å². The molecule has 1 saturated carbocycles. The highest BCUT2D eigenvalue weighted by Gasteiger charge is 2.53. The van der Waals surface area contributed by atoms with Crippen molar-refractivity contribution in [2.24, 2.45) is 5.92 Å². The van der Waals surface area contributed by atoms with Gasteiger partial charge in [0, 0.05) is 11.3 Å². The van der Waals surface area contributed by atoms with Crippen LogP contribution < -0.4 is 10.7 Å². The van der Waals surface area contributed by atoms with E-state index >= 15 is 0 Å². The van der Waals surface area contributed by atoms with Crippen LogP contribution in [0.1, 0.15) is 71.6 Å². The van der Waals surface area contributed by atoms with Gasteiger partial charge in [0.1, 0.15) is 11.2 Å². The molecule has 1 spiro atoms. The number of hydrogen-bond donors (Lipinski definition) is 3. The number of hydrogen-bond acceptors (Lipinski definition) is 4. The van der Waals surface area contributed by atoms with Gasteiger partial charge in [-0.25, -0.2) is 4.79 Å². The van der Waals surface area contributed by atoms with Gasteiger partial charge in [-0.15, -0.1) is 0 Å². The number of aromatic nitrogens is 1. The second-order valence-electron chi connectivity index (χ2n) is 7.46. The van der Waals surface area contributed by atoms with E-state index in [1.807, 2.05) is 0 Å². The molecule has 3 rings (SSSR count). The lowest BCUT2D eigenvalue weighted by Crippen LogP contribution is -2.51. The summed E-state index contributed by atoms with van der Waals surface area (Å²) in [5, 5.41) is 3.52. The summed E-state index contributed by atoms with van der Waals surface area (Å²) in [7, 11) is 0. The van der Waals surface area contributed by atoms with E-state index < -0.39 is 23.4 Å². The average Bonchev–Trinajstić information content (AvgIpc) is 2.99. The Morgan fingerprint density at radius 2 is 1.81 bits per heavy atom. The average molecular weight is 360 g/mol. The molecule has 1 saturated heterocycles. The number of imide groups is 1. The van der Waals surface area contributed by atoms with E-state index in [-0.39, 0.29) is 11.5 Å². The van der Waals surface area contributed by atoms with Crippen molar-refractivity contribution in [3.63, 3.8) is 0 Å². The van der Waals surface area contributed by atoms with Crippen LogP contribution in [-0.2, 0) is 4.79 Å². The van der Waals surface area contributed by atoms with Crippen LogP contribution in [0.15, 0.2) is 0 Å². The number of hydrazine groups is 1. The Morgan fingerprint density at radius 1 is 1.19 bits per heavy atom. The van der Waals surface area contributed by atoms with Crippen LogP contribution in [0, 0.1) is 19.8 Å². The molecule has 0 atom stereocenters. The summed E-state index contributed by atoms with van der Waals surface area (Å²) < 4.78 is 0. The molecular formula is C18H24N4O4. The number of nitrogens with one attached hydrogen (secondary N) is 3. The van der Waals surface area contributed by atoms with Crippen molar-refractivity contribution in [2.45, 2.75) is 58.9 Å². The van der Waals surface area contributed by atoms with Gasteiger partial charge in [0.2, 0.25) is 0 Å². The van der Waals surface area contributed by atoms with E-state index in [4.69, 9.17) is 0 Å². The number of H-pyrrole nitrogens is 1. The zero-order valence-electron chi connectivity index (χ0n) is 15.5. The molecule has 3 N–H and O–H groups in total. The topological polar surface area (TPSA) is 111 Å². The van der Waals surface area contributed by atoms with Gasteiger partial charge in [-0.3, -0.25) is 19.8 Å². The van der Waals surface area contributed by atoms with Gasteiger partial charge in [0.25, 0.3) is 11.8 Å². The molecule has 1 aliphatic heterocycles. The van der Waals surface area contributed by atoms with Crippen molar-refractivity contribution in [1.29, 1.82) is 0 Å². The lowest BCUT2D eigenvalue weighted by Gasteiger charge is -2.33. The van der Waals surface area contributed by atoms with Gasteiger partial charge in [-0.1, -0.05) is 6.92 Å². The minimum Gasteiger partial charge on any atom is -0.354 e. The normalized spacial score (nSPS) is 25.5. The second-order valence-corrected chi connectivity index (χ2v) is 7.46. The highest BCUT2D eigenvalue weighted by atomic mass is 16.2. The first-order chi connectivity index (χ1) is 12.2. The fourth-order valence-electron chi connectivity index (χ4n) is 3.98. The summed E-state index contributed by atoms with van der Waals surface area (Å²) in [5.74, 6) is -0.678. The number of carbonyl (C=O) groups excluding carboxylic acids is 4. The van der Waals surface area contributed by atoms with Crippen molar-refractivity contribution < 1.29 is 19.2 Å². The Labute approximate surface area is 151 Å². The molecule has 1 aliphatic carbocycles. The quantitative estimate of drug-likeness (QED) is 0.565. The van der Waals surface area contributed by atoms with Crippen LogP contribution in [0.3, 0.4) is 0 Å². The molecule has 140 valence electrons. The number of aromatic amines is 1. The van der Waals surface area contributed by atoms with Crippen LogP contribution in [0.2, 0.25) is 0 Å². The highest BCUT2D eigenvalue weighted by Crippen LogP contribution is 2.35. The number of aryl methyl sites for hydroxylation is 1. The third kappa shape index (κ3) is 2.79. The molecule has 1 aromatic rings. The predicted octanol–water partition coefficient (Wildman–Crippen LogP) is 1.98. The molecule has 8 nitrogen and oxygen atoms in total. The Bertz CT molecular complexity index is 802. The van der Waals surface area contributed by atoms with E-state index in [1.165, 1.54) is 6.92 Å². The largest absolute Gasteiger partial charge is 0.354 e. The van der Waals surface area contributed by atoms with Gasteiger partial charge >= 0.3 is 6.03 Å². The summed E-state index contributed by atoms with van der Waals surface area (Å²) in [5.41, 5.74) is 3.17. The number of carbonyl (C=O) groups is 4. The van der Waals surface area contributed by atoms with Crippen LogP contribution in [0.5, 0.6) is 0 Å². The van der Waals surface area contributed by atoms with Crippen molar-refractivity contribution in [3.8, 4) is 0 Å². The van der Waals surface area contributed by atoms with E-state index in [9.17, 15) is 19.2 Å². The first-order valence-corrected chi connectivity index (χ1v) is 8.84.